The summed E-state index contributed by atoms with van der Waals surface area (Å²) in [4.78, 5) is 0. The molecule has 0 saturated carbocycles. The summed E-state index contributed by atoms with van der Waals surface area (Å²) in [7, 11) is 0. The third-order valence-corrected chi connectivity index (χ3v) is 1.82. The Balaban J connectivity index is 2.71. The fraction of sp³-hybridized carbons (Fsp3) is 0.333. The predicted octanol–water partition coefficient (Wildman–Crippen LogP) is -0.677. The van der Waals surface area contributed by atoms with Gasteiger partial charge in [0, 0.05) is 0 Å². The third kappa shape index (κ3) is 2.04. The highest BCUT2D eigenvalue weighted by Gasteiger charge is 2.18. The van der Waals surface area contributed by atoms with Crippen LogP contribution in [-0.4, -0.2) is 22.9 Å². The molecule has 1 aromatic rings. The first kappa shape index (κ1) is 9.19. The van der Waals surface area contributed by atoms with Crippen molar-refractivity contribution in [1.29, 1.82) is 0 Å². The predicted molar refractivity (Wildman–Crippen MR) is 45.2 cm³/mol. The van der Waals surface area contributed by atoms with E-state index in [1.54, 1.807) is 0 Å². The first-order chi connectivity index (χ1) is 5.75. The molecule has 0 heterocycles. The molecule has 0 aliphatic rings. The molecule has 0 radical (unpaired) electrons. The van der Waals surface area contributed by atoms with Gasteiger partial charge in [-0.15, -0.1) is 0 Å². The van der Waals surface area contributed by atoms with Crippen LogP contribution in [0.3, 0.4) is 0 Å². The van der Waals surface area contributed by atoms with Crippen LogP contribution in [0.25, 0.3) is 0 Å². The lowest BCUT2D eigenvalue weighted by Crippen LogP contribution is -2.65. The van der Waals surface area contributed by atoms with Crippen LogP contribution in [0.2, 0.25) is 0 Å². The molecule has 2 atom stereocenters. The van der Waals surface area contributed by atoms with E-state index in [4.69, 9.17) is 5.11 Å². The highest BCUT2D eigenvalue weighted by molar-refractivity contribution is 5.18. The first-order valence-electron chi connectivity index (χ1n) is 3.92. The summed E-state index contributed by atoms with van der Waals surface area (Å²) in [5.74, 6) is 0. The molecular formula is C9H14NO2+. The maximum Gasteiger partial charge on any atom is 0.138 e. The van der Waals surface area contributed by atoms with Crippen molar-refractivity contribution in [3.05, 3.63) is 35.9 Å². The lowest BCUT2D eigenvalue weighted by molar-refractivity contribution is -0.444. The van der Waals surface area contributed by atoms with E-state index in [1.165, 1.54) is 0 Å². The van der Waals surface area contributed by atoms with E-state index in [1.807, 2.05) is 30.3 Å². The third-order valence-electron chi connectivity index (χ3n) is 1.82. The van der Waals surface area contributed by atoms with E-state index in [0.29, 0.717) is 0 Å². The standard InChI is InChI=1S/C9H13NO2/c10-8(6-11)9(12)7-4-2-1-3-5-7/h1-5,8-9,11-12H,6,10H2/p+1/t8-,9-/m0/s1. The highest BCUT2D eigenvalue weighted by Crippen LogP contribution is 2.13. The molecule has 12 heavy (non-hydrogen) atoms. The summed E-state index contributed by atoms with van der Waals surface area (Å²) >= 11 is 0. The van der Waals surface area contributed by atoms with Gasteiger partial charge in [-0.05, 0) is 5.56 Å². The van der Waals surface area contributed by atoms with Gasteiger partial charge in [0.25, 0.3) is 0 Å². The Morgan fingerprint density at radius 3 is 2.33 bits per heavy atom. The molecule has 1 aromatic carbocycles. The quantitative estimate of drug-likeness (QED) is 0.560. The molecule has 0 fully saturated rings. The maximum atomic E-state index is 9.57. The summed E-state index contributed by atoms with van der Waals surface area (Å²) in [6, 6.07) is 8.86. The fourth-order valence-corrected chi connectivity index (χ4v) is 1.02. The minimum atomic E-state index is -0.670. The molecule has 0 aliphatic carbocycles. The van der Waals surface area contributed by atoms with Gasteiger partial charge in [0.1, 0.15) is 12.1 Å². The molecule has 66 valence electrons. The molecule has 1 rings (SSSR count). The lowest BCUT2D eigenvalue weighted by Gasteiger charge is -2.13. The highest BCUT2D eigenvalue weighted by atomic mass is 16.3. The van der Waals surface area contributed by atoms with Crippen molar-refractivity contribution in [3.63, 3.8) is 0 Å². The Bertz CT molecular complexity index is 225. The summed E-state index contributed by atoms with van der Waals surface area (Å²) in [6.45, 7) is -0.101. The summed E-state index contributed by atoms with van der Waals surface area (Å²) < 4.78 is 0. The topological polar surface area (TPSA) is 68.1 Å². The van der Waals surface area contributed by atoms with Gasteiger partial charge in [-0.2, -0.15) is 0 Å². The van der Waals surface area contributed by atoms with Crippen molar-refractivity contribution in [1.82, 2.24) is 0 Å². The van der Waals surface area contributed by atoms with Crippen molar-refractivity contribution in [2.24, 2.45) is 0 Å². The zero-order valence-corrected chi connectivity index (χ0v) is 6.85. The van der Waals surface area contributed by atoms with Crippen LogP contribution < -0.4 is 5.73 Å². The minimum absolute atomic E-state index is 0.101. The fourth-order valence-electron chi connectivity index (χ4n) is 1.02. The maximum absolute atomic E-state index is 9.57. The largest absolute Gasteiger partial charge is 0.390 e. The van der Waals surface area contributed by atoms with Crippen molar-refractivity contribution in [2.45, 2.75) is 12.1 Å². The smallest absolute Gasteiger partial charge is 0.138 e. The van der Waals surface area contributed by atoms with E-state index in [9.17, 15) is 5.11 Å². The molecule has 0 amide bonds. The van der Waals surface area contributed by atoms with E-state index in [0.717, 1.165) is 5.56 Å². The second kappa shape index (κ2) is 4.21. The van der Waals surface area contributed by atoms with E-state index in [-0.39, 0.29) is 12.6 Å². The van der Waals surface area contributed by atoms with E-state index < -0.39 is 6.10 Å². The number of aliphatic hydroxyl groups excluding tert-OH is 2. The van der Waals surface area contributed by atoms with Crippen LogP contribution >= 0.6 is 0 Å². The van der Waals surface area contributed by atoms with Crippen LogP contribution in [0.15, 0.2) is 30.3 Å². The van der Waals surface area contributed by atoms with Gasteiger partial charge < -0.3 is 15.9 Å². The molecule has 3 heteroatoms. The van der Waals surface area contributed by atoms with Crippen LogP contribution in [-0.2, 0) is 0 Å². The van der Waals surface area contributed by atoms with E-state index in [2.05, 4.69) is 5.73 Å². The van der Waals surface area contributed by atoms with Crippen LogP contribution in [0.1, 0.15) is 11.7 Å². The minimum Gasteiger partial charge on any atom is -0.390 e. The molecule has 0 spiro atoms. The van der Waals surface area contributed by atoms with Gasteiger partial charge in [0.15, 0.2) is 0 Å². The number of benzene rings is 1. The average Bonchev–Trinajstić information content (AvgIpc) is 2.17. The van der Waals surface area contributed by atoms with E-state index >= 15 is 0 Å². The first-order valence-corrected chi connectivity index (χ1v) is 3.92. The average molecular weight is 168 g/mol. The Morgan fingerprint density at radius 1 is 1.25 bits per heavy atom. The van der Waals surface area contributed by atoms with Gasteiger partial charge in [-0.1, -0.05) is 30.3 Å². The Morgan fingerprint density at radius 2 is 1.83 bits per heavy atom. The number of rotatable bonds is 3. The monoisotopic (exact) mass is 168 g/mol. The molecular weight excluding hydrogens is 154 g/mol. The zero-order chi connectivity index (χ0) is 8.97. The van der Waals surface area contributed by atoms with Crippen molar-refractivity contribution in [3.8, 4) is 0 Å². The van der Waals surface area contributed by atoms with Gasteiger partial charge in [0.2, 0.25) is 0 Å². The molecule has 0 aromatic heterocycles. The van der Waals surface area contributed by atoms with Gasteiger partial charge in [-0.3, -0.25) is 0 Å². The van der Waals surface area contributed by atoms with Gasteiger partial charge >= 0.3 is 0 Å². The summed E-state index contributed by atoms with van der Waals surface area (Å²) in [5.41, 5.74) is 4.43. The number of hydrogen-bond acceptors (Lipinski definition) is 2. The Hall–Kier alpha value is -0.900. The zero-order valence-electron chi connectivity index (χ0n) is 6.85. The normalized spacial score (nSPS) is 15.6. The van der Waals surface area contributed by atoms with Crippen molar-refractivity contribution in [2.75, 3.05) is 6.61 Å². The second-order valence-corrected chi connectivity index (χ2v) is 2.80. The van der Waals surface area contributed by atoms with Gasteiger partial charge in [0.05, 0.1) is 6.61 Å². The van der Waals surface area contributed by atoms with Crippen LogP contribution in [0, 0.1) is 0 Å². The van der Waals surface area contributed by atoms with Crippen molar-refractivity contribution >= 4 is 0 Å². The molecule has 3 nitrogen and oxygen atoms in total. The number of quaternary nitrogens is 1. The second-order valence-electron chi connectivity index (χ2n) is 2.80. The Kier molecular flexibility index (Phi) is 3.22. The lowest BCUT2D eigenvalue weighted by atomic mass is 10.0. The molecule has 5 N–H and O–H groups in total. The SMILES string of the molecule is [NH3+][C@@H](CO)[C@@H](O)c1ccccc1. The molecule has 0 saturated heterocycles. The van der Waals surface area contributed by atoms with Gasteiger partial charge in [-0.25, -0.2) is 0 Å². The molecule has 0 bridgehead atoms. The summed E-state index contributed by atoms with van der Waals surface area (Å²) in [6.07, 6.45) is -0.670. The number of aliphatic hydroxyl groups is 2. The molecule has 0 unspecified atom stereocenters. The van der Waals surface area contributed by atoms with Crippen LogP contribution in [0.4, 0.5) is 0 Å². The van der Waals surface area contributed by atoms with Crippen LogP contribution in [0.5, 0.6) is 0 Å². The summed E-state index contributed by atoms with van der Waals surface area (Å²) in [5, 5.41) is 18.3. The number of hydrogen-bond donors (Lipinski definition) is 3. The Labute approximate surface area is 71.5 Å². The molecule has 0 aliphatic heterocycles. The van der Waals surface area contributed by atoms with Crippen molar-refractivity contribution < 1.29 is 15.9 Å².